The van der Waals surface area contributed by atoms with Gasteiger partial charge < -0.3 is 34.3 Å². The molecule has 6 unspecified atom stereocenters. The Morgan fingerprint density at radius 1 is 0.667 bits per heavy atom. The molecule has 1 fully saturated rings. The summed E-state index contributed by atoms with van der Waals surface area (Å²) in [6.45, 7) is 3.95. The maximum absolute atomic E-state index is 12.8. The van der Waals surface area contributed by atoms with E-state index in [9.17, 15) is 28.5 Å². The summed E-state index contributed by atoms with van der Waals surface area (Å²) in [6.07, 6.45) is 30.8. The summed E-state index contributed by atoms with van der Waals surface area (Å²) in [5, 5.41) is 30.6. The highest BCUT2D eigenvalue weighted by Gasteiger charge is 2.48. The lowest BCUT2D eigenvalue weighted by Crippen LogP contribution is -2.60. The Morgan fingerprint density at radius 2 is 1.16 bits per heavy atom. The van der Waals surface area contributed by atoms with E-state index in [-0.39, 0.29) is 19.6 Å². The van der Waals surface area contributed by atoms with E-state index in [1.54, 1.807) is 0 Å². The van der Waals surface area contributed by atoms with Crippen LogP contribution < -0.4 is 0 Å². The van der Waals surface area contributed by atoms with Gasteiger partial charge in [0.05, 0.1) is 19.8 Å². The maximum Gasteiger partial charge on any atom is 0.397 e. The van der Waals surface area contributed by atoms with Crippen molar-refractivity contribution >= 4 is 16.4 Å². The summed E-state index contributed by atoms with van der Waals surface area (Å²) < 4.78 is 59.0. The van der Waals surface area contributed by atoms with Gasteiger partial charge in [-0.05, 0) is 44.9 Å². The number of carbonyl (C=O) groups excluding carboxylic acids is 1. The van der Waals surface area contributed by atoms with Crippen molar-refractivity contribution in [2.45, 2.75) is 224 Å². The Labute approximate surface area is 346 Å². The summed E-state index contributed by atoms with van der Waals surface area (Å²) in [6, 6.07) is 0. The Morgan fingerprint density at radius 3 is 1.70 bits per heavy atom. The predicted molar refractivity (Wildman–Crippen MR) is 225 cm³/mol. The number of esters is 1. The molecule has 57 heavy (non-hydrogen) atoms. The number of aliphatic hydroxyl groups is 3. The smallest absolute Gasteiger partial charge is 0.397 e. The predicted octanol–water partition coefficient (Wildman–Crippen LogP) is 9.24. The first-order valence-corrected chi connectivity index (χ1v) is 24.0. The first kappa shape index (κ1) is 53.6. The van der Waals surface area contributed by atoms with Crippen molar-refractivity contribution in [2.24, 2.45) is 0 Å². The average molecular weight is 835 g/mol. The third-order valence-electron chi connectivity index (χ3n) is 10.3. The van der Waals surface area contributed by atoms with Gasteiger partial charge in [0.1, 0.15) is 30.5 Å². The van der Waals surface area contributed by atoms with Crippen molar-refractivity contribution < 1.29 is 56.2 Å². The molecule has 0 aliphatic carbocycles. The molecule has 0 aromatic rings. The monoisotopic (exact) mass is 835 g/mol. The van der Waals surface area contributed by atoms with E-state index in [4.69, 9.17) is 23.5 Å². The third kappa shape index (κ3) is 30.3. The lowest BCUT2D eigenvalue weighted by molar-refractivity contribution is -0.301. The zero-order chi connectivity index (χ0) is 41.8. The fraction of sp³-hybridized carbons (Fsp3) is 0.886. The number of aliphatic hydroxyl groups excluding tert-OH is 3. The van der Waals surface area contributed by atoms with Crippen molar-refractivity contribution in [3.8, 4) is 0 Å². The Kier molecular flexibility index (Phi) is 34.3. The van der Waals surface area contributed by atoms with Gasteiger partial charge >= 0.3 is 16.4 Å². The molecule has 4 N–H and O–H groups in total. The summed E-state index contributed by atoms with van der Waals surface area (Å²) >= 11 is 0. The molecule has 1 saturated heterocycles. The molecule has 13 heteroatoms. The van der Waals surface area contributed by atoms with E-state index in [0.29, 0.717) is 13.0 Å². The molecule has 6 atom stereocenters. The molecule has 1 aliphatic heterocycles. The van der Waals surface area contributed by atoms with Gasteiger partial charge in [-0.2, -0.15) is 8.42 Å². The SMILES string of the molecule is CCCCC/C=C\C/C=C\CCCCCCCCCCCCOCC(COC1OC(CO)C(O)C(OS(=O)(=O)O)C1O)OC(=O)CCCCCCCCCCCC. The largest absolute Gasteiger partial charge is 0.457 e. The Bertz CT molecular complexity index is 1100. The minimum atomic E-state index is -5.06. The van der Waals surface area contributed by atoms with Crippen molar-refractivity contribution in [1.82, 2.24) is 0 Å². The molecule has 1 rings (SSSR count). The van der Waals surface area contributed by atoms with Crippen molar-refractivity contribution in [2.75, 3.05) is 26.4 Å². The van der Waals surface area contributed by atoms with E-state index in [1.807, 2.05) is 0 Å². The van der Waals surface area contributed by atoms with Crippen LogP contribution in [0.2, 0.25) is 0 Å². The molecule has 12 nitrogen and oxygen atoms in total. The molecule has 0 aromatic heterocycles. The first-order chi connectivity index (χ1) is 27.6. The van der Waals surface area contributed by atoms with E-state index >= 15 is 0 Å². The first-order valence-electron chi connectivity index (χ1n) is 22.6. The van der Waals surface area contributed by atoms with Gasteiger partial charge in [0.2, 0.25) is 0 Å². The van der Waals surface area contributed by atoms with Crippen molar-refractivity contribution in [3.63, 3.8) is 0 Å². The minimum absolute atomic E-state index is 0.0373. The second-order valence-corrected chi connectivity index (χ2v) is 16.7. The Hall–Kier alpha value is -1.42. The molecule has 0 spiro atoms. The molecule has 0 bridgehead atoms. The van der Waals surface area contributed by atoms with Gasteiger partial charge in [-0.3, -0.25) is 9.35 Å². The van der Waals surface area contributed by atoms with Crippen LogP contribution in [0.1, 0.15) is 187 Å². The lowest BCUT2D eigenvalue weighted by atomic mass is 9.99. The van der Waals surface area contributed by atoms with Gasteiger partial charge in [-0.15, -0.1) is 0 Å². The second-order valence-electron chi connectivity index (χ2n) is 15.6. The van der Waals surface area contributed by atoms with Crippen LogP contribution in [-0.2, 0) is 38.3 Å². The zero-order valence-electron chi connectivity index (χ0n) is 35.7. The van der Waals surface area contributed by atoms with Crippen molar-refractivity contribution in [3.05, 3.63) is 24.3 Å². The molecule has 1 heterocycles. The van der Waals surface area contributed by atoms with Gasteiger partial charge in [0, 0.05) is 13.0 Å². The number of rotatable bonds is 39. The fourth-order valence-corrected chi connectivity index (χ4v) is 7.39. The summed E-state index contributed by atoms with van der Waals surface area (Å²) in [7, 11) is -5.06. The topological polar surface area (TPSA) is 178 Å². The number of hydrogen-bond donors (Lipinski definition) is 4. The molecular weight excluding hydrogens is 753 g/mol. The summed E-state index contributed by atoms with van der Waals surface area (Å²) in [4.78, 5) is 12.8. The number of hydrogen-bond acceptors (Lipinski definition) is 11. The fourth-order valence-electron chi connectivity index (χ4n) is 6.88. The standard InChI is InChI=1S/C44H82O12S/c1-3-5-7-9-11-13-15-16-17-18-19-20-21-22-23-24-26-28-30-32-34-52-36-38(54-40(46)33-31-29-27-25-14-12-10-8-6-4-2)37-53-44-42(48)43(56-57(49,50)51)41(47)39(35-45)55-44/h11,13,16-17,38-39,41-45,47-48H,3-10,12,14-15,18-37H2,1-2H3,(H,49,50,51)/b13-11-,17-16-. The molecule has 0 saturated carbocycles. The van der Waals surface area contributed by atoms with Crippen LogP contribution in [-0.4, -0.2) is 97.5 Å². The van der Waals surface area contributed by atoms with Crippen LogP contribution >= 0.6 is 0 Å². The van der Waals surface area contributed by atoms with E-state index < -0.39 is 59.8 Å². The van der Waals surface area contributed by atoms with E-state index in [1.165, 1.54) is 116 Å². The maximum atomic E-state index is 12.8. The Balaban J connectivity index is 2.37. The number of carbonyl (C=O) groups is 1. The van der Waals surface area contributed by atoms with Gasteiger partial charge in [0.25, 0.3) is 0 Å². The van der Waals surface area contributed by atoms with Crippen LogP contribution in [0.25, 0.3) is 0 Å². The van der Waals surface area contributed by atoms with Crippen LogP contribution in [0.5, 0.6) is 0 Å². The highest BCUT2D eigenvalue weighted by Crippen LogP contribution is 2.26. The number of ether oxygens (including phenoxy) is 4. The van der Waals surface area contributed by atoms with Gasteiger partial charge in [-0.1, -0.05) is 160 Å². The molecule has 336 valence electrons. The van der Waals surface area contributed by atoms with Gasteiger partial charge in [0.15, 0.2) is 6.29 Å². The van der Waals surface area contributed by atoms with E-state index in [2.05, 4.69) is 42.3 Å². The average Bonchev–Trinajstić information content (AvgIpc) is 3.18. The van der Waals surface area contributed by atoms with Crippen LogP contribution in [0, 0.1) is 0 Å². The van der Waals surface area contributed by atoms with Crippen molar-refractivity contribution in [1.29, 1.82) is 0 Å². The highest BCUT2D eigenvalue weighted by atomic mass is 32.3. The number of allylic oxidation sites excluding steroid dienone is 4. The van der Waals surface area contributed by atoms with E-state index in [0.717, 1.165) is 44.9 Å². The summed E-state index contributed by atoms with van der Waals surface area (Å²) in [5.41, 5.74) is 0. The number of unbranched alkanes of at least 4 members (excludes halogenated alkanes) is 22. The summed E-state index contributed by atoms with van der Waals surface area (Å²) in [5.74, 6) is -0.401. The molecule has 0 aromatic carbocycles. The third-order valence-corrected chi connectivity index (χ3v) is 10.8. The second kappa shape index (κ2) is 36.4. The molecule has 0 radical (unpaired) electrons. The molecule has 1 aliphatic rings. The normalized spacial score (nSPS) is 20.8. The quantitative estimate of drug-likeness (QED) is 0.0200. The molecule has 0 amide bonds. The highest BCUT2D eigenvalue weighted by molar-refractivity contribution is 7.80. The molecular formula is C44H82O12S. The minimum Gasteiger partial charge on any atom is -0.457 e. The van der Waals surface area contributed by atoms with Crippen LogP contribution in [0.3, 0.4) is 0 Å². The van der Waals surface area contributed by atoms with Crippen LogP contribution in [0.4, 0.5) is 0 Å². The lowest BCUT2D eigenvalue weighted by Gasteiger charge is -2.41. The zero-order valence-corrected chi connectivity index (χ0v) is 36.5. The van der Waals surface area contributed by atoms with Crippen LogP contribution in [0.15, 0.2) is 24.3 Å². The van der Waals surface area contributed by atoms with Gasteiger partial charge in [-0.25, -0.2) is 4.18 Å².